The van der Waals surface area contributed by atoms with Crippen LogP contribution in [0.1, 0.15) is 32.6 Å². The fraction of sp³-hybridized carbons (Fsp3) is 0.250. The Bertz CT molecular complexity index is 732. The Morgan fingerprint density at radius 2 is 1.92 bits per heavy atom. The van der Waals surface area contributed by atoms with Crippen LogP contribution >= 0.6 is 0 Å². The van der Waals surface area contributed by atoms with E-state index in [9.17, 15) is 0 Å². The van der Waals surface area contributed by atoms with Crippen molar-refractivity contribution in [1.29, 1.82) is 0 Å². The second kappa shape index (κ2) is 10.3. The smallest absolute Gasteiger partial charge is 0.119 e. The maximum Gasteiger partial charge on any atom is 0.119 e. The Morgan fingerprint density at radius 3 is 2.62 bits per heavy atom. The summed E-state index contributed by atoms with van der Waals surface area (Å²) in [6.07, 6.45) is 19.0. The molecule has 0 spiro atoms. The second-order valence-electron chi connectivity index (χ2n) is 6.30. The van der Waals surface area contributed by atoms with E-state index in [-0.39, 0.29) is 0 Å². The minimum atomic E-state index is 0.856. The molecule has 0 aromatic heterocycles. The Hall–Kier alpha value is -2.74. The molecule has 0 saturated heterocycles. The Balaban J connectivity index is 2.36. The summed E-state index contributed by atoms with van der Waals surface area (Å²) in [7, 11) is 1.69. The molecule has 0 atom stereocenters. The molecule has 26 heavy (non-hydrogen) atoms. The van der Waals surface area contributed by atoms with Crippen molar-refractivity contribution in [3.8, 4) is 5.75 Å². The number of ether oxygens (including phenoxy) is 1. The molecule has 1 aliphatic carbocycles. The zero-order valence-electron chi connectivity index (χ0n) is 15.9. The number of hydrogen-bond donors (Lipinski definition) is 0. The van der Waals surface area contributed by atoms with Gasteiger partial charge in [-0.2, -0.15) is 0 Å². The summed E-state index contributed by atoms with van der Waals surface area (Å²) in [5, 5.41) is 0. The normalized spacial score (nSPS) is 18.4. The van der Waals surface area contributed by atoms with E-state index in [4.69, 9.17) is 4.74 Å². The topological polar surface area (TPSA) is 12.5 Å². The van der Waals surface area contributed by atoms with Crippen molar-refractivity contribution in [3.05, 3.63) is 96.9 Å². The number of benzene rings is 1. The lowest BCUT2D eigenvalue weighted by atomic mass is 10.1. The maximum absolute atomic E-state index is 5.30. The molecule has 1 aromatic carbocycles. The number of nitrogens with zero attached hydrogens (tertiary/aromatic N) is 1. The predicted octanol–water partition coefficient (Wildman–Crippen LogP) is 6.72. The van der Waals surface area contributed by atoms with Gasteiger partial charge >= 0.3 is 0 Å². The lowest BCUT2D eigenvalue weighted by molar-refractivity contribution is 0.415. The van der Waals surface area contributed by atoms with E-state index in [1.807, 2.05) is 18.2 Å². The molecule has 0 unspecified atom stereocenters. The zero-order valence-corrected chi connectivity index (χ0v) is 15.9. The summed E-state index contributed by atoms with van der Waals surface area (Å²) in [6.45, 7) is 10.1. The van der Waals surface area contributed by atoms with Crippen molar-refractivity contribution >= 4 is 5.69 Å². The standard InChI is InChI=1S/C24H29NO/c1-5-11-20(2)14-15-21(3)25(22-12-9-7-6-8-10-13-22)23-16-18-24(26-4)19-17-23/h5-7,11-12,14-19H,1,3,8-10,13H2,2,4H3/b7-6-,15-14-,20-11-,22-12+. The minimum absolute atomic E-state index is 0.856. The molecule has 0 heterocycles. The lowest BCUT2D eigenvalue weighted by Gasteiger charge is -2.29. The first-order chi connectivity index (χ1) is 12.7. The third kappa shape index (κ3) is 5.66. The van der Waals surface area contributed by atoms with E-state index >= 15 is 0 Å². The highest BCUT2D eigenvalue weighted by atomic mass is 16.5. The van der Waals surface area contributed by atoms with E-state index in [0.717, 1.165) is 48.4 Å². The number of rotatable bonds is 7. The number of hydrogen-bond acceptors (Lipinski definition) is 2. The summed E-state index contributed by atoms with van der Waals surface area (Å²) in [6, 6.07) is 8.15. The van der Waals surface area contributed by atoms with Crippen LogP contribution in [0.3, 0.4) is 0 Å². The van der Waals surface area contributed by atoms with Gasteiger partial charge in [0, 0.05) is 17.1 Å². The van der Waals surface area contributed by atoms with Gasteiger partial charge in [-0.15, -0.1) is 0 Å². The number of allylic oxidation sites excluding steroid dienone is 9. The quantitative estimate of drug-likeness (QED) is 0.401. The molecule has 2 rings (SSSR count). The summed E-state index contributed by atoms with van der Waals surface area (Å²) < 4.78 is 5.30. The van der Waals surface area contributed by atoms with Crippen LogP contribution in [0.5, 0.6) is 5.75 Å². The van der Waals surface area contributed by atoms with Gasteiger partial charge in [-0.3, -0.25) is 0 Å². The van der Waals surface area contributed by atoms with Crippen LogP contribution in [0.4, 0.5) is 5.69 Å². The van der Waals surface area contributed by atoms with Gasteiger partial charge in [-0.05, 0) is 62.9 Å². The number of methoxy groups -OCH3 is 1. The minimum Gasteiger partial charge on any atom is -0.497 e. The highest BCUT2D eigenvalue weighted by Crippen LogP contribution is 2.30. The van der Waals surface area contributed by atoms with Crippen LogP contribution in [-0.2, 0) is 0 Å². The van der Waals surface area contributed by atoms with Gasteiger partial charge in [0.1, 0.15) is 5.75 Å². The molecule has 0 saturated carbocycles. The first kappa shape index (κ1) is 19.6. The molecule has 0 aliphatic heterocycles. The van der Waals surface area contributed by atoms with Crippen molar-refractivity contribution in [3.63, 3.8) is 0 Å². The third-order valence-corrected chi connectivity index (χ3v) is 4.28. The van der Waals surface area contributed by atoms with Gasteiger partial charge in [-0.1, -0.05) is 55.2 Å². The fourth-order valence-electron chi connectivity index (χ4n) is 2.92. The number of anilines is 1. The van der Waals surface area contributed by atoms with Gasteiger partial charge in [-0.25, -0.2) is 0 Å². The van der Waals surface area contributed by atoms with Crippen molar-refractivity contribution < 1.29 is 4.74 Å². The van der Waals surface area contributed by atoms with Gasteiger partial charge < -0.3 is 9.64 Å². The third-order valence-electron chi connectivity index (χ3n) is 4.28. The van der Waals surface area contributed by atoms with Crippen molar-refractivity contribution in [1.82, 2.24) is 0 Å². The Kier molecular flexibility index (Phi) is 7.75. The Labute approximate surface area is 158 Å². The van der Waals surface area contributed by atoms with Crippen molar-refractivity contribution in [2.24, 2.45) is 0 Å². The van der Waals surface area contributed by atoms with E-state index < -0.39 is 0 Å². The maximum atomic E-state index is 5.30. The molecule has 136 valence electrons. The van der Waals surface area contributed by atoms with Crippen LogP contribution in [0, 0.1) is 0 Å². The predicted molar refractivity (Wildman–Crippen MR) is 113 cm³/mol. The summed E-state index contributed by atoms with van der Waals surface area (Å²) in [4.78, 5) is 2.25. The van der Waals surface area contributed by atoms with Crippen LogP contribution in [0.2, 0.25) is 0 Å². The molecule has 0 amide bonds. The molecule has 0 fully saturated rings. The SMILES string of the molecule is C=C/C=C(C)\C=C/C(=C)N(/C1=C/C/C=C\CCC1)c1ccc(OC)cc1. The van der Waals surface area contributed by atoms with Crippen LogP contribution < -0.4 is 9.64 Å². The average Bonchev–Trinajstić information content (AvgIpc) is 2.62. The molecular formula is C24H29NO. The molecule has 1 aliphatic rings. The van der Waals surface area contributed by atoms with E-state index in [2.05, 4.69) is 67.5 Å². The van der Waals surface area contributed by atoms with Gasteiger partial charge in [0.25, 0.3) is 0 Å². The Morgan fingerprint density at radius 1 is 1.15 bits per heavy atom. The van der Waals surface area contributed by atoms with Crippen LogP contribution in [0.15, 0.2) is 96.9 Å². The molecule has 2 heteroatoms. The summed E-state index contributed by atoms with van der Waals surface area (Å²) >= 11 is 0. The highest BCUT2D eigenvalue weighted by molar-refractivity contribution is 5.61. The van der Waals surface area contributed by atoms with Crippen molar-refractivity contribution in [2.45, 2.75) is 32.6 Å². The molecule has 0 radical (unpaired) electrons. The van der Waals surface area contributed by atoms with E-state index in [1.54, 1.807) is 13.2 Å². The summed E-state index contributed by atoms with van der Waals surface area (Å²) in [5.74, 6) is 0.856. The largest absolute Gasteiger partial charge is 0.497 e. The van der Waals surface area contributed by atoms with E-state index in [0.29, 0.717) is 0 Å². The van der Waals surface area contributed by atoms with Gasteiger partial charge in [0.15, 0.2) is 0 Å². The first-order valence-corrected chi connectivity index (χ1v) is 9.10. The molecular weight excluding hydrogens is 318 g/mol. The lowest BCUT2D eigenvalue weighted by Crippen LogP contribution is -2.20. The molecule has 1 aromatic rings. The second-order valence-corrected chi connectivity index (χ2v) is 6.30. The zero-order chi connectivity index (χ0) is 18.8. The molecule has 0 N–H and O–H groups in total. The van der Waals surface area contributed by atoms with Gasteiger partial charge in [0.05, 0.1) is 7.11 Å². The van der Waals surface area contributed by atoms with Gasteiger partial charge in [0.2, 0.25) is 0 Å². The first-order valence-electron chi connectivity index (χ1n) is 9.10. The monoisotopic (exact) mass is 347 g/mol. The van der Waals surface area contributed by atoms with Crippen LogP contribution in [-0.4, -0.2) is 7.11 Å². The van der Waals surface area contributed by atoms with E-state index in [1.165, 1.54) is 5.70 Å². The van der Waals surface area contributed by atoms with Crippen LogP contribution in [0.25, 0.3) is 0 Å². The fourth-order valence-corrected chi connectivity index (χ4v) is 2.92. The average molecular weight is 348 g/mol. The van der Waals surface area contributed by atoms with Crippen molar-refractivity contribution in [2.75, 3.05) is 12.0 Å². The summed E-state index contributed by atoms with van der Waals surface area (Å²) in [5.41, 5.74) is 4.48. The highest BCUT2D eigenvalue weighted by Gasteiger charge is 2.14. The molecule has 0 bridgehead atoms. The molecule has 2 nitrogen and oxygen atoms in total.